The predicted octanol–water partition coefficient (Wildman–Crippen LogP) is 3.92. The van der Waals surface area contributed by atoms with E-state index in [4.69, 9.17) is 4.74 Å². The number of para-hydroxylation sites is 1. The predicted molar refractivity (Wildman–Crippen MR) is 65.9 cm³/mol. The first-order chi connectivity index (χ1) is 7.84. The van der Waals surface area contributed by atoms with Gasteiger partial charge in [-0.25, -0.2) is 0 Å². The van der Waals surface area contributed by atoms with Gasteiger partial charge >= 0.3 is 0 Å². The molecule has 1 aromatic carbocycles. The summed E-state index contributed by atoms with van der Waals surface area (Å²) >= 11 is 0. The summed E-state index contributed by atoms with van der Waals surface area (Å²) < 4.78 is 5.54. The molecule has 0 amide bonds. The van der Waals surface area contributed by atoms with Crippen LogP contribution >= 0.6 is 0 Å². The van der Waals surface area contributed by atoms with Crippen molar-refractivity contribution in [3.05, 3.63) is 29.8 Å². The van der Waals surface area contributed by atoms with E-state index in [1.54, 1.807) is 7.11 Å². The van der Waals surface area contributed by atoms with Gasteiger partial charge in [0.1, 0.15) is 5.75 Å². The van der Waals surface area contributed by atoms with Crippen molar-refractivity contribution < 1.29 is 4.74 Å². The number of hydrogen-bond acceptors (Lipinski definition) is 1. The van der Waals surface area contributed by atoms with Gasteiger partial charge < -0.3 is 4.74 Å². The van der Waals surface area contributed by atoms with Gasteiger partial charge in [0, 0.05) is 5.56 Å². The Kier molecular flexibility index (Phi) is 2.42. The maximum absolute atomic E-state index is 5.54. The Hall–Kier alpha value is -0.980. The van der Waals surface area contributed by atoms with Crippen molar-refractivity contribution in [2.24, 2.45) is 5.92 Å². The molecule has 1 heteroatoms. The molecular weight excluding hydrogens is 196 g/mol. The van der Waals surface area contributed by atoms with Crippen LogP contribution in [0.5, 0.6) is 5.75 Å². The third-order valence-corrected chi connectivity index (χ3v) is 4.77. The monoisotopic (exact) mass is 216 g/mol. The lowest BCUT2D eigenvalue weighted by atomic mass is 9.58. The standard InChI is InChI=1S/C15H20O/c1-16-14-5-3-2-4-13(14)15-9-6-12(7-10-15)8-11-15/h2-5,12H,6-11H2,1H3. The van der Waals surface area contributed by atoms with Gasteiger partial charge in [-0.05, 0) is 55.9 Å². The summed E-state index contributed by atoms with van der Waals surface area (Å²) in [5.74, 6) is 2.12. The second-order valence-electron chi connectivity index (χ2n) is 5.46. The van der Waals surface area contributed by atoms with E-state index in [1.165, 1.54) is 44.1 Å². The zero-order chi connectivity index (χ0) is 11.0. The van der Waals surface area contributed by atoms with Crippen molar-refractivity contribution in [2.75, 3.05) is 7.11 Å². The van der Waals surface area contributed by atoms with Gasteiger partial charge in [-0.1, -0.05) is 18.2 Å². The first-order valence-electron chi connectivity index (χ1n) is 6.48. The summed E-state index contributed by atoms with van der Waals surface area (Å²) in [5, 5.41) is 0. The molecule has 1 nitrogen and oxygen atoms in total. The van der Waals surface area contributed by atoms with Crippen LogP contribution in [0, 0.1) is 5.92 Å². The van der Waals surface area contributed by atoms with Crippen molar-refractivity contribution >= 4 is 0 Å². The molecule has 2 bridgehead atoms. The molecule has 0 aliphatic heterocycles. The van der Waals surface area contributed by atoms with Gasteiger partial charge in [-0.15, -0.1) is 0 Å². The third kappa shape index (κ3) is 1.45. The molecule has 3 aliphatic carbocycles. The summed E-state index contributed by atoms with van der Waals surface area (Å²) in [6.07, 6.45) is 8.41. The Balaban J connectivity index is 2.01. The fourth-order valence-electron chi connectivity index (χ4n) is 3.74. The van der Waals surface area contributed by atoms with Crippen LogP contribution < -0.4 is 4.74 Å². The Morgan fingerprint density at radius 1 is 1.06 bits per heavy atom. The number of benzene rings is 1. The van der Waals surface area contributed by atoms with Crippen LogP contribution in [0.2, 0.25) is 0 Å². The fourth-order valence-corrected chi connectivity index (χ4v) is 3.74. The van der Waals surface area contributed by atoms with Crippen LogP contribution in [0.1, 0.15) is 44.1 Å². The van der Waals surface area contributed by atoms with E-state index in [9.17, 15) is 0 Å². The normalized spacial score (nSPS) is 32.7. The van der Waals surface area contributed by atoms with Crippen molar-refractivity contribution in [3.63, 3.8) is 0 Å². The molecule has 0 unspecified atom stereocenters. The number of ether oxygens (including phenoxy) is 1. The van der Waals surface area contributed by atoms with E-state index in [2.05, 4.69) is 24.3 Å². The quantitative estimate of drug-likeness (QED) is 0.728. The second kappa shape index (κ2) is 3.80. The van der Waals surface area contributed by atoms with Gasteiger partial charge in [-0.3, -0.25) is 0 Å². The molecule has 0 N–H and O–H groups in total. The maximum atomic E-state index is 5.54. The number of hydrogen-bond donors (Lipinski definition) is 0. The van der Waals surface area contributed by atoms with Crippen molar-refractivity contribution in [2.45, 2.75) is 43.9 Å². The molecule has 4 rings (SSSR count). The molecule has 3 saturated carbocycles. The van der Waals surface area contributed by atoms with Crippen LogP contribution in [-0.4, -0.2) is 7.11 Å². The smallest absolute Gasteiger partial charge is 0.122 e. The number of methoxy groups -OCH3 is 1. The average Bonchev–Trinajstić information content (AvgIpc) is 2.41. The summed E-state index contributed by atoms with van der Waals surface area (Å²) in [6, 6.07) is 8.63. The van der Waals surface area contributed by atoms with Gasteiger partial charge in [0.05, 0.1) is 7.11 Å². The first-order valence-corrected chi connectivity index (χ1v) is 6.48. The van der Waals surface area contributed by atoms with E-state index in [0.29, 0.717) is 5.41 Å². The van der Waals surface area contributed by atoms with Gasteiger partial charge in [0.15, 0.2) is 0 Å². The van der Waals surface area contributed by atoms with Crippen molar-refractivity contribution in [1.82, 2.24) is 0 Å². The molecule has 16 heavy (non-hydrogen) atoms. The number of fused-ring (bicyclic) bond motifs is 3. The van der Waals surface area contributed by atoms with Gasteiger partial charge in [0.25, 0.3) is 0 Å². The highest BCUT2D eigenvalue weighted by Gasteiger charge is 2.42. The molecule has 3 fully saturated rings. The Labute approximate surface area is 97.8 Å². The molecular formula is C15H20O. The molecule has 3 aliphatic rings. The van der Waals surface area contributed by atoms with Crippen molar-refractivity contribution in [1.29, 1.82) is 0 Å². The minimum Gasteiger partial charge on any atom is -0.496 e. The highest BCUT2D eigenvalue weighted by Crippen LogP contribution is 2.53. The number of rotatable bonds is 2. The zero-order valence-electron chi connectivity index (χ0n) is 10.0. The van der Waals surface area contributed by atoms with Crippen LogP contribution in [0.4, 0.5) is 0 Å². The molecule has 0 aromatic heterocycles. The van der Waals surface area contributed by atoms with Crippen LogP contribution in [-0.2, 0) is 5.41 Å². The van der Waals surface area contributed by atoms with E-state index < -0.39 is 0 Å². The average molecular weight is 216 g/mol. The molecule has 86 valence electrons. The lowest BCUT2D eigenvalue weighted by Crippen LogP contribution is -2.37. The van der Waals surface area contributed by atoms with E-state index >= 15 is 0 Å². The largest absolute Gasteiger partial charge is 0.496 e. The summed E-state index contributed by atoms with van der Waals surface area (Å²) in [7, 11) is 1.80. The minimum absolute atomic E-state index is 0.446. The highest BCUT2D eigenvalue weighted by atomic mass is 16.5. The maximum Gasteiger partial charge on any atom is 0.122 e. The third-order valence-electron chi connectivity index (χ3n) is 4.77. The Bertz CT molecular complexity index is 361. The van der Waals surface area contributed by atoms with Gasteiger partial charge in [0.2, 0.25) is 0 Å². The van der Waals surface area contributed by atoms with Crippen LogP contribution in [0.15, 0.2) is 24.3 Å². The minimum atomic E-state index is 0.446. The zero-order valence-corrected chi connectivity index (χ0v) is 10.0. The van der Waals surface area contributed by atoms with Crippen LogP contribution in [0.3, 0.4) is 0 Å². The molecule has 0 atom stereocenters. The topological polar surface area (TPSA) is 9.23 Å². The molecule has 1 aromatic rings. The van der Waals surface area contributed by atoms with E-state index in [0.717, 1.165) is 11.7 Å². The van der Waals surface area contributed by atoms with Crippen LogP contribution in [0.25, 0.3) is 0 Å². The van der Waals surface area contributed by atoms with Gasteiger partial charge in [-0.2, -0.15) is 0 Å². The fraction of sp³-hybridized carbons (Fsp3) is 0.600. The summed E-state index contributed by atoms with van der Waals surface area (Å²) in [5.41, 5.74) is 1.91. The van der Waals surface area contributed by atoms with Crippen molar-refractivity contribution in [3.8, 4) is 5.75 Å². The molecule has 0 spiro atoms. The summed E-state index contributed by atoms with van der Waals surface area (Å²) in [4.78, 5) is 0. The second-order valence-corrected chi connectivity index (χ2v) is 5.46. The SMILES string of the molecule is COc1ccccc1C12CCC(CC1)CC2. The lowest BCUT2D eigenvalue weighted by molar-refractivity contribution is 0.133. The Morgan fingerprint density at radius 3 is 2.31 bits per heavy atom. The summed E-state index contributed by atoms with van der Waals surface area (Å²) in [6.45, 7) is 0. The van der Waals surface area contributed by atoms with E-state index in [1.807, 2.05) is 0 Å². The Morgan fingerprint density at radius 2 is 1.69 bits per heavy atom. The highest BCUT2D eigenvalue weighted by molar-refractivity contribution is 5.40. The molecule has 0 heterocycles. The first kappa shape index (κ1) is 10.2. The van der Waals surface area contributed by atoms with E-state index in [-0.39, 0.29) is 0 Å². The molecule has 0 saturated heterocycles. The lowest BCUT2D eigenvalue weighted by Gasteiger charge is -2.47. The molecule has 0 radical (unpaired) electrons.